The quantitative estimate of drug-likeness (QED) is 0.474. The highest BCUT2D eigenvalue weighted by Gasteiger charge is 2.17. The minimum atomic E-state index is -0.736. The molecular formula is C25H25BrF2N4O4. The van der Waals surface area contributed by atoms with Crippen molar-refractivity contribution in [2.75, 3.05) is 26.3 Å². The van der Waals surface area contributed by atoms with Crippen LogP contribution in [-0.2, 0) is 24.4 Å². The van der Waals surface area contributed by atoms with Crippen LogP contribution in [0, 0.1) is 18.6 Å². The van der Waals surface area contributed by atoms with Gasteiger partial charge in [0.15, 0.2) is 0 Å². The minimum absolute atomic E-state index is 0.0313. The van der Waals surface area contributed by atoms with E-state index in [0.29, 0.717) is 38.7 Å². The number of hydrogen-bond acceptors (Lipinski definition) is 5. The molecule has 3 aromatic rings. The Morgan fingerprint density at radius 2 is 1.83 bits per heavy atom. The number of nitrogens with one attached hydrogen (secondary N) is 1. The van der Waals surface area contributed by atoms with E-state index in [0.717, 1.165) is 23.3 Å². The van der Waals surface area contributed by atoms with Gasteiger partial charge >= 0.3 is 6.03 Å². The number of hydrogen-bond donors (Lipinski definition) is 1. The van der Waals surface area contributed by atoms with E-state index in [1.165, 1.54) is 10.6 Å². The number of ether oxygens (including phenoxy) is 2. The molecule has 0 radical (unpaired) electrons. The zero-order valence-corrected chi connectivity index (χ0v) is 21.2. The van der Waals surface area contributed by atoms with Gasteiger partial charge in [-0.2, -0.15) is 4.98 Å². The van der Waals surface area contributed by atoms with Crippen LogP contribution in [0.3, 0.4) is 0 Å². The van der Waals surface area contributed by atoms with Crippen molar-refractivity contribution in [3.05, 3.63) is 91.4 Å². The second kappa shape index (κ2) is 11.6. The highest BCUT2D eigenvalue weighted by atomic mass is 79.9. The molecule has 36 heavy (non-hydrogen) atoms. The summed E-state index contributed by atoms with van der Waals surface area (Å²) in [4.78, 5) is 31.2. The molecule has 190 valence electrons. The summed E-state index contributed by atoms with van der Waals surface area (Å²) in [7, 11) is 0. The van der Waals surface area contributed by atoms with Gasteiger partial charge < -0.3 is 19.7 Å². The van der Waals surface area contributed by atoms with E-state index < -0.39 is 11.6 Å². The maximum absolute atomic E-state index is 13.9. The van der Waals surface area contributed by atoms with Crippen LogP contribution in [0.25, 0.3) is 0 Å². The summed E-state index contributed by atoms with van der Waals surface area (Å²) in [6, 6.07) is 10.6. The standard InChI is InChI=1S/C25H25BrF2N4O4/c1-16-30-23(36-15-19-6-7-20(27)12-21(19)28)22(26)24(33)32(16)14-18-4-2-17(3-5-18)13-29-25(34)31-8-10-35-11-9-31/h2-7,12H,8-11,13-15H2,1H3,(H,29,34). The number of urea groups is 1. The predicted octanol–water partition coefficient (Wildman–Crippen LogP) is 3.76. The highest BCUT2D eigenvalue weighted by molar-refractivity contribution is 9.10. The number of morpholine rings is 1. The Bertz CT molecular complexity index is 1290. The van der Waals surface area contributed by atoms with Crippen molar-refractivity contribution in [1.82, 2.24) is 19.8 Å². The molecule has 1 fully saturated rings. The van der Waals surface area contributed by atoms with Crippen molar-refractivity contribution < 1.29 is 23.0 Å². The molecule has 1 aromatic heterocycles. The summed E-state index contributed by atoms with van der Waals surface area (Å²) in [6.07, 6.45) is 0. The maximum atomic E-state index is 13.9. The van der Waals surface area contributed by atoms with Crippen LogP contribution in [0.4, 0.5) is 13.6 Å². The van der Waals surface area contributed by atoms with Crippen LogP contribution in [0.2, 0.25) is 0 Å². The fourth-order valence-corrected chi connectivity index (χ4v) is 4.10. The minimum Gasteiger partial charge on any atom is -0.472 e. The summed E-state index contributed by atoms with van der Waals surface area (Å²) < 4.78 is 39.4. The summed E-state index contributed by atoms with van der Waals surface area (Å²) >= 11 is 3.23. The van der Waals surface area contributed by atoms with Gasteiger partial charge in [-0.3, -0.25) is 9.36 Å². The first kappa shape index (κ1) is 25.8. The van der Waals surface area contributed by atoms with Gasteiger partial charge in [-0.15, -0.1) is 0 Å². The third kappa shape index (κ3) is 6.27. The van der Waals surface area contributed by atoms with Crippen LogP contribution in [0.1, 0.15) is 22.5 Å². The molecule has 0 unspecified atom stereocenters. The predicted molar refractivity (Wildman–Crippen MR) is 132 cm³/mol. The Balaban J connectivity index is 1.38. The van der Waals surface area contributed by atoms with Gasteiger partial charge in [-0.25, -0.2) is 13.6 Å². The fraction of sp³-hybridized carbons (Fsp3) is 0.320. The molecular weight excluding hydrogens is 538 g/mol. The lowest BCUT2D eigenvalue weighted by atomic mass is 10.1. The first-order chi connectivity index (χ1) is 17.3. The van der Waals surface area contributed by atoms with Crippen molar-refractivity contribution in [1.29, 1.82) is 0 Å². The fourth-order valence-electron chi connectivity index (χ4n) is 3.68. The number of halogens is 3. The number of amides is 2. The first-order valence-electron chi connectivity index (χ1n) is 11.3. The third-order valence-electron chi connectivity index (χ3n) is 5.76. The smallest absolute Gasteiger partial charge is 0.317 e. The molecule has 4 rings (SSSR count). The molecule has 8 nitrogen and oxygen atoms in total. The molecule has 0 spiro atoms. The van der Waals surface area contributed by atoms with Gasteiger partial charge in [-0.1, -0.05) is 24.3 Å². The SMILES string of the molecule is Cc1nc(OCc2ccc(F)cc2F)c(Br)c(=O)n1Cc1ccc(CNC(=O)N2CCOCC2)cc1. The normalized spacial score (nSPS) is 13.5. The molecule has 0 bridgehead atoms. The Hall–Kier alpha value is -3.31. The van der Waals surface area contributed by atoms with E-state index in [4.69, 9.17) is 9.47 Å². The molecule has 2 aromatic carbocycles. The topological polar surface area (TPSA) is 85.7 Å². The van der Waals surface area contributed by atoms with Crippen LogP contribution < -0.4 is 15.6 Å². The van der Waals surface area contributed by atoms with E-state index in [1.807, 2.05) is 24.3 Å². The van der Waals surface area contributed by atoms with Gasteiger partial charge in [0.05, 0.1) is 19.8 Å². The molecule has 1 saturated heterocycles. The summed E-state index contributed by atoms with van der Waals surface area (Å²) in [5, 5.41) is 2.90. The van der Waals surface area contributed by atoms with Gasteiger partial charge in [0, 0.05) is 31.3 Å². The summed E-state index contributed by atoms with van der Waals surface area (Å²) in [5.41, 5.74) is 1.60. The number of aromatic nitrogens is 2. The van der Waals surface area contributed by atoms with Gasteiger partial charge in [0.2, 0.25) is 5.88 Å². The largest absolute Gasteiger partial charge is 0.472 e. The highest BCUT2D eigenvalue weighted by Crippen LogP contribution is 2.21. The number of rotatable bonds is 7. The molecule has 0 atom stereocenters. The lowest BCUT2D eigenvalue weighted by Crippen LogP contribution is -2.45. The van der Waals surface area contributed by atoms with E-state index >= 15 is 0 Å². The Kier molecular flexibility index (Phi) is 8.32. The van der Waals surface area contributed by atoms with Gasteiger partial charge in [0.25, 0.3) is 5.56 Å². The molecule has 2 amide bonds. The molecule has 0 saturated carbocycles. The lowest BCUT2D eigenvalue weighted by molar-refractivity contribution is 0.0531. The third-order valence-corrected chi connectivity index (χ3v) is 6.44. The molecule has 11 heteroatoms. The average molecular weight is 563 g/mol. The molecule has 1 aliphatic heterocycles. The van der Waals surface area contributed by atoms with Crippen molar-refractivity contribution >= 4 is 22.0 Å². The van der Waals surface area contributed by atoms with Crippen LogP contribution in [0.15, 0.2) is 51.7 Å². The number of aryl methyl sites for hydroxylation is 1. The number of carbonyl (C=O) groups is 1. The number of carbonyl (C=O) groups excluding carboxylic acids is 1. The van der Waals surface area contributed by atoms with E-state index in [9.17, 15) is 18.4 Å². The van der Waals surface area contributed by atoms with Gasteiger partial charge in [0.1, 0.15) is 28.5 Å². The molecule has 1 N–H and O–H groups in total. The van der Waals surface area contributed by atoms with E-state index in [2.05, 4.69) is 26.2 Å². The van der Waals surface area contributed by atoms with E-state index in [-0.39, 0.29) is 40.7 Å². The van der Waals surface area contributed by atoms with E-state index in [1.54, 1.807) is 11.8 Å². The first-order valence-corrected chi connectivity index (χ1v) is 12.1. The zero-order chi connectivity index (χ0) is 25.7. The summed E-state index contributed by atoms with van der Waals surface area (Å²) in [6.45, 7) is 4.40. The van der Waals surface area contributed by atoms with Crippen LogP contribution in [0.5, 0.6) is 5.88 Å². The van der Waals surface area contributed by atoms with Crippen LogP contribution in [-0.4, -0.2) is 46.8 Å². The number of benzene rings is 2. The maximum Gasteiger partial charge on any atom is 0.317 e. The average Bonchev–Trinajstić information content (AvgIpc) is 2.88. The summed E-state index contributed by atoms with van der Waals surface area (Å²) in [5.74, 6) is -0.969. The lowest BCUT2D eigenvalue weighted by Gasteiger charge is -2.26. The monoisotopic (exact) mass is 562 g/mol. The zero-order valence-electron chi connectivity index (χ0n) is 19.6. The van der Waals surface area contributed by atoms with Crippen molar-refractivity contribution in [2.24, 2.45) is 0 Å². The molecule has 1 aliphatic rings. The van der Waals surface area contributed by atoms with Crippen LogP contribution >= 0.6 is 15.9 Å². The molecule has 2 heterocycles. The second-order valence-electron chi connectivity index (χ2n) is 8.27. The Labute approximate surface area is 215 Å². The second-order valence-corrected chi connectivity index (χ2v) is 9.06. The van der Waals surface area contributed by atoms with Crippen molar-refractivity contribution in [3.63, 3.8) is 0 Å². The van der Waals surface area contributed by atoms with Crippen molar-refractivity contribution in [2.45, 2.75) is 26.6 Å². The van der Waals surface area contributed by atoms with Gasteiger partial charge in [-0.05, 0) is 46.1 Å². The Morgan fingerprint density at radius 1 is 1.14 bits per heavy atom. The Morgan fingerprint density at radius 3 is 2.53 bits per heavy atom. The number of nitrogens with zero attached hydrogens (tertiary/aromatic N) is 3. The van der Waals surface area contributed by atoms with Crippen molar-refractivity contribution in [3.8, 4) is 5.88 Å². The molecule has 0 aliphatic carbocycles.